The summed E-state index contributed by atoms with van der Waals surface area (Å²) < 4.78 is 37.2. The van der Waals surface area contributed by atoms with Gasteiger partial charge in [-0.25, -0.2) is 14.8 Å². The van der Waals surface area contributed by atoms with Crippen molar-refractivity contribution in [3.05, 3.63) is 78.1 Å². The first kappa shape index (κ1) is 26.9. The minimum absolute atomic E-state index is 0.0320. The summed E-state index contributed by atoms with van der Waals surface area (Å²) in [6.07, 6.45) is -2.91. The predicted octanol–water partition coefficient (Wildman–Crippen LogP) is 3.52. The fourth-order valence-electron chi connectivity index (χ4n) is 4.17. The number of carbonyl (C=O) groups excluding carboxylic acids is 1. The third-order valence-corrected chi connectivity index (χ3v) is 5.97. The fourth-order valence-corrected chi connectivity index (χ4v) is 4.17. The highest BCUT2D eigenvalue weighted by molar-refractivity contribution is 6.07. The molecule has 1 fully saturated rings. The van der Waals surface area contributed by atoms with E-state index in [1.54, 1.807) is 6.33 Å². The fraction of sp³-hybridized carbons (Fsp3) is 0.308. The van der Waals surface area contributed by atoms with E-state index < -0.39 is 12.1 Å². The lowest BCUT2D eigenvalue weighted by molar-refractivity contribution is -0.192. The van der Waals surface area contributed by atoms with Gasteiger partial charge in [-0.05, 0) is 11.1 Å². The Bertz CT molecular complexity index is 1240. The van der Waals surface area contributed by atoms with Crippen LogP contribution < -0.4 is 15.1 Å². The maximum atomic E-state index is 13.7. The van der Waals surface area contributed by atoms with Gasteiger partial charge in [0.05, 0.1) is 19.8 Å². The Labute approximate surface area is 216 Å². The van der Waals surface area contributed by atoms with Gasteiger partial charge < -0.3 is 20.1 Å². The molecule has 1 unspecified atom stereocenters. The zero-order valence-electron chi connectivity index (χ0n) is 20.3. The molecule has 2 aliphatic heterocycles. The van der Waals surface area contributed by atoms with Crippen molar-refractivity contribution in [3.63, 3.8) is 0 Å². The number of carboxylic acids is 1. The average Bonchev–Trinajstić information content (AvgIpc) is 2.92. The summed E-state index contributed by atoms with van der Waals surface area (Å²) in [5.74, 6) is -1.24. The van der Waals surface area contributed by atoms with E-state index in [-0.39, 0.29) is 11.9 Å². The molecule has 3 aromatic rings. The van der Waals surface area contributed by atoms with E-state index in [4.69, 9.17) is 14.6 Å². The van der Waals surface area contributed by atoms with Crippen LogP contribution in [-0.4, -0.2) is 65.5 Å². The van der Waals surface area contributed by atoms with Crippen molar-refractivity contribution in [2.45, 2.75) is 25.2 Å². The average molecular weight is 530 g/mol. The normalized spacial score (nSPS) is 17.1. The zero-order chi connectivity index (χ0) is 27.1. The number of nitrogens with zero attached hydrogens (tertiary/aromatic N) is 4. The van der Waals surface area contributed by atoms with Crippen LogP contribution in [0, 0.1) is 0 Å². The minimum atomic E-state index is -5.08. The van der Waals surface area contributed by atoms with Crippen LogP contribution in [0.1, 0.15) is 11.1 Å². The van der Waals surface area contributed by atoms with E-state index in [2.05, 4.69) is 20.2 Å². The standard InChI is InChI=1S/C24H25N5O2.C2HF3O2/c30-24-20(15-18-7-3-1-4-8-18)27-22-21(29(24)16-19-9-5-2-6-10-19)23(26-17-25-22)28-11-13-31-14-12-28;3-2(4,5)1(6)7/h1-10,17,20H,11-16H2,(H,25,26,27);(H,6,7). The maximum absolute atomic E-state index is 13.7. The quantitative estimate of drug-likeness (QED) is 0.517. The van der Waals surface area contributed by atoms with Gasteiger partial charge in [0.25, 0.3) is 0 Å². The van der Waals surface area contributed by atoms with Gasteiger partial charge in [0.2, 0.25) is 5.91 Å². The first-order valence-electron chi connectivity index (χ1n) is 11.9. The van der Waals surface area contributed by atoms with Crippen LogP contribution in [0.25, 0.3) is 0 Å². The second-order valence-electron chi connectivity index (χ2n) is 8.59. The molecule has 2 aliphatic rings. The van der Waals surface area contributed by atoms with Crippen LogP contribution in [0.15, 0.2) is 67.0 Å². The number of rotatable bonds is 5. The SMILES string of the molecule is O=C(O)C(F)(F)F.O=C1C(Cc2ccccc2)Nc2ncnc(N3CCOCC3)c2N1Cc1ccccc1. The van der Waals surface area contributed by atoms with E-state index in [1.165, 1.54) is 0 Å². The van der Waals surface area contributed by atoms with Gasteiger partial charge in [-0.3, -0.25) is 9.69 Å². The molecule has 2 aromatic carbocycles. The van der Waals surface area contributed by atoms with Crippen molar-refractivity contribution in [2.24, 2.45) is 0 Å². The number of hydrogen-bond acceptors (Lipinski definition) is 7. The Hall–Kier alpha value is -4.19. The number of carbonyl (C=O) groups is 2. The molecule has 0 spiro atoms. The van der Waals surface area contributed by atoms with Crippen LogP contribution in [0.2, 0.25) is 0 Å². The largest absolute Gasteiger partial charge is 0.490 e. The zero-order valence-corrected chi connectivity index (χ0v) is 20.3. The molecule has 1 atom stereocenters. The number of aliphatic carboxylic acids is 1. The Morgan fingerprint density at radius 3 is 2.16 bits per heavy atom. The molecule has 12 heteroatoms. The molecule has 200 valence electrons. The van der Waals surface area contributed by atoms with Gasteiger partial charge in [-0.2, -0.15) is 13.2 Å². The Kier molecular flexibility index (Phi) is 8.41. The van der Waals surface area contributed by atoms with Gasteiger partial charge in [-0.15, -0.1) is 0 Å². The molecule has 1 amide bonds. The molecule has 9 nitrogen and oxygen atoms in total. The first-order chi connectivity index (χ1) is 18.2. The predicted molar refractivity (Wildman–Crippen MR) is 134 cm³/mol. The lowest BCUT2D eigenvalue weighted by Crippen LogP contribution is -2.49. The summed E-state index contributed by atoms with van der Waals surface area (Å²) in [6, 6.07) is 19.7. The molecule has 0 aliphatic carbocycles. The molecule has 38 heavy (non-hydrogen) atoms. The molecule has 2 N–H and O–H groups in total. The first-order valence-corrected chi connectivity index (χ1v) is 11.9. The molecule has 1 saturated heterocycles. The van der Waals surface area contributed by atoms with Crippen LogP contribution in [-0.2, 0) is 27.3 Å². The summed E-state index contributed by atoms with van der Waals surface area (Å²) in [5, 5.41) is 10.5. The second-order valence-corrected chi connectivity index (χ2v) is 8.59. The highest BCUT2D eigenvalue weighted by Gasteiger charge is 2.38. The third kappa shape index (κ3) is 6.57. The topological polar surface area (TPSA) is 108 Å². The molecule has 3 heterocycles. The smallest absolute Gasteiger partial charge is 0.475 e. The second kappa shape index (κ2) is 11.9. The number of amides is 1. The highest BCUT2D eigenvalue weighted by atomic mass is 19.4. The maximum Gasteiger partial charge on any atom is 0.490 e. The number of fused-ring (bicyclic) bond motifs is 1. The number of morpholine rings is 1. The van der Waals surface area contributed by atoms with Gasteiger partial charge in [0.15, 0.2) is 11.6 Å². The number of carboxylic acid groups (broad SMARTS) is 1. The molecule has 0 radical (unpaired) electrons. The molecule has 5 rings (SSSR count). The summed E-state index contributed by atoms with van der Waals surface area (Å²) in [6.45, 7) is 3.25. The van der Waals surface area contributed by atoms with E-state index >= 15 is 0 Å². The third-order valence-electron chi connectivity index (χ3n) is 5.97. The summed E-state index contributed by atoms with van der Waals surface area (Å²) in [5.41, 5.74) is 2.93. The molecule has 0 saturated carbocycles. The number of aromatic nitrogens is 2. The highest BCUT2D eigenvalue weighted by Crippen LogP contribution is 2.39. The number of anilines is 3. The molecular formula is C26H26F3N5O4. The minimum Gasteiger partial charge on any atom is -0.475 e. The van der Waals surface area contributed by atoms with Crippen molar-refractivity contribution < 1.29 is 32.6 Å². The number of hydrogen-bond donors (Lipinski definition) is 2. The van der Waals surface area contributed by atoms with Crippen LogP contribution in [0.3, 0.4) is 0 Å². The van der Waals surface area contributed by atoms with Crippen LogP contribution in [0.4, 0.5) is 30.5 Å². The van der Waals surface area contributed by atoms with Gasteiger partial charge in [0, 0.05) is 19.5 Å². The number of ether oxygens (including phenoxy) is 1. The van der Waals surface area contributed by atoms with E-state index in [9.17, 15) is 18.0 Å². The number of benzene rings is 2. The number of alkyl halides is 3. The van der Waals surface area contributed by atoms with Crippen molar-refractivity contribution in [1.82, 2.24) is 9.97 Å². The van der Waals surface area contributed by atoms with E-state index in [1.807, 2.05) is 65.6 Å². The van der Waals surface area contributed by atoms with Crippen molar-refractivity contribution in [3.8, 4) is 0 Å². The lowest BCUT2D eigenvalue weighted by Gasteiger charge is -2.38. The Balaban J connectivity index is 0.000000426. The number of nitrogens with one attached hydrogen (secondary N) is 1. The van der Waals surface area contributed by atoms with Crippen LogP contribution in [0.5, 0.6) is 0 Å². The van der Waals surface area contributed by atoms with Gasteiger partial charge >= 0.3 is 12.1 Å². The summed E-state index contributed by atoms with van der Waals surface area (Å²) >= 11 is 0. The van der Waals surface area contributed by atoms with Crippen LogP contribution >= 0.6 is 0 Å². The van der Waals surface area contributed by atoms with Crippen molar-refractivity contribution >= 4 is 29.2 Å². The summed E-state index contributed by atoms with van der Waals surface area (Å²) in [7, 11) is 0. The number of halogens is 3. The molecule has 1 aromatic heterocycles. The van der Waals surface area contributed by atoms with E-state index in [0.717, 1.165) is 35.7 Å². The van der Waals surface area contributed by atoms with Crippen molar-refractivity contribution in [2.75, 3.05) is 41.4 Å². The van der Waals surface area contributed by atoms with Gasteiger partial charge in [0.1, 0.15) is 18.1 Å². The van der Waals surface area contributed by atoms with E-state index in [0.29, 0.717) is 32.0 Å². The molecular weight excluding hydrogens is 503 g/mol. The van der Waals surface area contributed by atoms with Crippen molar-refractivity contribution in [1.29, 1.82) is 0 Å². The monoisotopic (exact) mass is 529 g/mol. The summed E-state index contributed by atoms with van der Waals surface area (Å²) in [4.78, 5) is 35.7. The Morgan fingerprint density at radius 2 is 1.58 bits per heavy atom. The molecule has 0 bridgehead atoms. The lowest BCUT2D eigenvalue weighted by atomic mass is 10.0. The Morgan fingerprint density at radius 1 is 1.00 bits per heavy atom. The van der Waals surface area contributed by atoms with Gasteiger partial charge in [-0.1, -0.05) is 60.7 Å².